The van der Waals surface area contributed by atoms with Gasteiger partial charge in [-0.1, -0.05) is 47.5 Å². The van der Waals surface area contributed by atoms with Crippen molar-refractivity contribution in [3.05, 3.63) is 82.3 Å². The van der Waals surface area contributed by atoms with Crippen LogP contribution in [0.15, 0.2) is 54.9 Å². The van der Waals surface area contributed by atoms with Crippen LogP contribution in [0.2, 0.25) is 5.02 Å². The number of carbonyl (C=O) groups excluding carboxylic acids is 1. The van der Waals surface area contributed by atoms with E-state index in [1.807, 2.05) is 38.1 Å². The van der Waals surface area contributed by atoms with Crippen LogP contribution >= 0.6 is 11.6 Å². The Morgan fingerprint density at radius 3 is 2.69 bits per heavy atom. The first kappa shape index (κ1) is 17.9. The van der Waals surface area contributed by atoms with Gasteiger partial charge in [0, 0.05) is 23.3 Å². The first-order valence-electron chi connectivity index (χ1n) is 8.20. The number of amides is 1. The molecule has 26 heavy (non-hydrogen) atoms. The van der Waals surface area contributed by atoms with Gasteiger partial charge in [-0.2, -0.15) is 0 Å². The van der Waals surface area contributed by atoms with Gasteiger partial charge in [0.25, 0.3) is 5.91 Å². The highest BCUT2D eigenvalue weighted by molar-refractivity contribution is 6.31. The molecule has 132 valence electrons. The molecule has 2 N–H and O–H groups in total. The van der Waals surface area contributed by atoms with Crippen LogP contribution in [0.25, 0.3) is 0 Å². The first-order chi connectivity index (χ1) is 12.5. The maximum Gasteiger partial charge on any atom is 0.274 e. The van der Waals surface area contributed by atoms with Crippen molar-refractivity contribution in [2.24, 2.45) is 0 Å². The number of hydrogen-bond acceptors (Lipinski definition) is 4. The standard InChI is InChI=1S/C20H19ClN4O/c1-13-4-3-5-15(8-13)11-22-19-10-18(23-12-24-19)20(26)25-16-7-6-14(2)17(21)9-16/h3-10,12H,11H2,1-2H3,(H,25,26)(H,22,23,24). The number of halogens is 1. The molecule has 0 atom stereocenters. The number of hydrogen-bond donors (Lipinski definition) is 2. The second-order valence-electron chi connectivity index (χ2n) is 6.05. The van der Waals surface area contributed by atoms with Crippen LogP contribution in [0.5, 0.6) is 0 Å². The molecular formula is C20H19ClN4O. The highest BCUT2D eigenvalue weighted by Gasteiger charge is 2.10. The number of rotatable bonds is 5. The molecule has 1 aromatic heterocycles. The number of aryl methyl sites for hydroxylation is 2. The lowest BCUT2D eigenvalue weighted by Crippen LogP contribution is -2.14. The van der Waals surface area contributed by atoms with Crippen molar-refractivity contribution in [2.75, 3.05) is 10.6 Å². The third-order valence-corrected chi connectivity index (χ3v) is 4.29. The molecule has 3 rings (SSSR count). The molecule has 5 nitrogen and oxygen atoms in total. The van der Waals surface area contributed by atoms with E-state index in [0.29, 0.717) is 23.1 Å². The third kappa shape index (κ3) is 4.58. The summed E-state index contributed by atoms with van der Waals surface area (Å²) < 4.78 is 0. The zero-order valence-corrected chi connectivity index (χ0v) is 15.3. The van der Waals surface area contributed by atoms with Crippen LogP contribution in [-0.4, -0.2) is 15.9 Å². The molecule has 1 heterocycles. The molecule has 1 amide bonds. The number of carbonyl (C=O) groups is 1. The van der Waals surface area contributed by atoms with Crippen molar-refractivity contribution in [1.29, 1.82) is 0 Å². The number of aromatic nitrogens is 2. The molecule has 0 radical (unpaired) electrons. The largest absolute Gasteiger partial charge is 0.366 e. The summed E-state index contributed by atoms with van der Waals surface area (Å²) in [4.78, 5) is 20.6. The summed E-state index contributed by atoms with van der Waals surface area (Å²) in [5.74, 6) is 0.277. The van der Waals surface area contributed by atoms with Crippen LogP contribution in [0.3, 0.4) is 0 Å². The van der Waals surface area contributed by atoms with Crippen molar-refractivity contribution >= 4 is 29.0 Å². The van der Waals surface area contributed by atoms with Gasteiger partial charge in [-0.3, -0.25) is 4.79 Å². The molecule has 0 unspecified atom stereocenters. The minimum absolute atomic E-state index is 0.281. The predicted octanol–water partition coefficient (Wildman–Crippen LogP) is 4.61. The maximum atomic E-state index is 12.4. The van der Waals surface area contributed by atoms with Crippen molar-refractivity contribution in [3.8, 4) is 0 Å². The quantitative estimate of drug-likeness (QED) is 0.691. The van der Waals surface area contributed by atoms with Crippen molar-refractivity contribution in [1.82, 2.24) is 9.97 Å². The summed E-state index contributed by atoms with van der Waals surface area (Å²) in [5, 5.41) is 6.61. The minimum Gasteiger partial charge on any atom is -0.366 e. The molecule has 0 fully saturated rings. The van der Waals surface area contributed by atoms with Crippen molar-refractivity contribution in [2.45, 2.75) is 20.4 Å². The zero-order chi connectivity index (χ0) is 18.5. The molecule has 0 aliphatic carbocycles. The molecule has 0 aliphatic heterocycles. The van der Waals surface area contributed by atoms with Gasteiger partial charge in [0.15, 0.2) is 0 Å². The number of benzene rings is 2. The highest BCUT2D eigenvalue weighted by Crippen LogP contribution is 2.20. The summed E-state index contributed by atoms with van der Waals surface area (Å²) in [6, 6.07) is 15.2. The molecule has 2 aromatic carbocycles. The lowest BCUT2D eigenvalue weighted by Gasteiger charge is -2.09. The lowest BCUT2D eigenvalue weighted by atomic mass is 10.1. The lowest BCUT2D eigenvalue weighted by molar-refractivity contribution is 0.102. The monoisotopic (exact) mass is 366 g/mol. The van der Waals surface area contributed by atoms with Crippen LogP contribution in [0, 0.1) is 13.8 Å². The Morgan fingerprint density at radius 1 is 1.08 bits per heavy atom. The number of anilines is 2. The smallest absolute Gasteiger partial charge is 0.274 e. The van der Waals surface area contributed by atoms with Gasteiger partial charge in [0.1, 0.15) is 17.8 Å². The molecule has 0 saturated heterocycles. The van der Waals surface area contributed by atoms with Gasteiger partial charge in [-0.15, -0.1) is 0 Å². The maximum absolute atomic E-state index is 12.4. The van der Waals surface area contributed by atoms with E-state index in [4.69, 9.17) is 11.6 Å². The molecule has 3 aromatic rings. The first-order valence-corrected chi connectivity index (χ1v) is 8.58. The second-order valence-corrected chi connectivity index (χ2v) is 6.46. The molecular weight excluding hydrogens is 348 g/mol. The summed E-state index contributed by atoms with van der Waals surface area (Å²) >= 11 is 6.09. The van der Waals surface area contributed by atoms with Crippen LogP contribution < -0.4 is 10.6 Å². The van der Waals surface area contributed by atoms with Gasteiger partial charge in [-0.05, 0) is 37.1 Å². The Balaban J connectivity index is 1.67. The Bertz CT molecular complexity index is 943. The average molecular weight is 367 g/mol. The number of nitrogens with one attached hydrogen (secondary N) is 2. The predicted molar refractivity (Wildman–Crippen MR) is 105 cm³/mol. The number of nitrogens with zero attached hydrogens (tertiary/aromatic N) is 2. The highest BCUT2D eigenvalue weighted by atomic mass is 35.5. The fourth-order valence-electron chi connectivity index (χ4n) is 2.46. The summed E-state index contributed by atoms with van der Waals surface area (Å²) in [7, 11) is 0. The van der Waals surface area contributed by atoms with Crippen molar-refractivity contribution in [3.63, 3.8) is 0 Å². The average Bonchev–Trinajstić information content (AvgIpc) is 2.63. The van der Waals surface area contributed by atoms with Gasteiger partial charge < -0.3 is 10.6 Å². The van der Waals surface area contributed by atoms with Crippen LogP contribution in [-0.2, 0) is 6.54 Å². The van der Waals surface area contributed by atoms with E-state index < -0.39 is 0 Å². The minimum atomic E-state index is -0.314. The summed E-state index contributed by atoms with van der Waals surface area (Å²) in [6.45, 7) is 4.58. The second kappa shape index (κ2) is 7.97. The SMILES string of the molecule is Cc1cccc(CNc2cc(C(=O)Nc3ccc(C)c(Cl)c3)ncn2)c1. The fourth-order valence-corrected chi connectivity index (χ4v) is 2.64. The molecule has 0 spiro atoms. The van der Waals surface area contributed by atoms with E-state index in [-0.39, 0.29) is 11.6 Å². The Kier molecular flexibility index (Phi) is 5.49. The summed E-state index contributed by atoms with van der Waals surface area (Å²) in [5.41, 5.74) is 4.20. The van der Waals surface area contributed by atoms with Crippen molar-refractivity contribution < 1.29 is 4.79 Å². The van der Waals surface area contributed by atoms with E-state index in [0.717, 1.165) is 11.1 Å². The normalized spacial score (nSPS) is 10.4. The topological polar surface area (TPSA) is 66.9 Å². The van der Waals surface area contributed by atoms with E-state index in [9.17, 15) is 4.79 Å². The molecule has 0 bridgehead atoms. The van der Waals surface area contributed by atoms with Crippen LogP contribution in [0.4, 0.5) is 11.5 Å². The van der Waals surface area contributed by atoms with E-state index in [2.05, 4.69) is 26.7 Å². The fraction of sp³-hybridized carbons (Fsp3) is 0.150. The van der Waals surface area contributed by atoms with Gasteiger partial charge in [-0.25, -0.2) is 9.97 Å². The Labute approximate surface area is 157 Å². The van der Waals surface area contributed by atoms with E-state index in [1.54, 1.807) is 18.2 Å². The third-order valence-electron chi connectivity index (χ3n) is 3.89. The van der Waals surface area contributed by atoms with E-state index in [1.165, 1.54) is 11.9 Å². The summed E-state index contributed by atoms with van der Waals surface area (Å²) in [6.07, 6.45) is 1.37. The van der Waals surface area contributed by atoms with Gasteiger partial charge in [0.05, 0.1) is 0 Å². The van der Waals surface area contributed by atoms with Gasteiger partial charge >= 0.3 is 0 Å². The van der Waals surface area contributed by atoms with Gasteiger partial charge in [0.2, 0.25) is 0 Å². The Morgan fingerprint density at radius 2 is 1.92 bits per heavy atom. The molecule has 6 heteroatoms. The Hall–Kier alpha value is -2.92. The van der Waals surface area contributed by atoms with E-state index >= 15 is 0 Å². The van der Waals surface area contributed by atoms with Crippen LogP contribution in [0.1, 0.15) is 27.2 Å². The molecule has 0 saturated carbocycles. The molecule has 0 aliphatic rings. The zero-order valence-electron chi connectivity index (χ0n) is 14.6.